The molecule has 1 aliphatic heterocycles. The molecule has 1 aliphatic carbocycles. The Morgan fingerprint density at radius 2 is 2.42 bits per heavy atom. The summed E-state index contributed by atoms with van der Waals surface area (Å²) >= 11 is 0. The highest BCUT2D eigenvalue weighted by Crippen LogP contribution is 2.26. The van der Waals surface area contributed by atoms with Gasteiger partial charge in [0.1, 0.15) is 5.71 Å². The third-order valence-corrected chi connectivity index (χ3v) is 2.53. The minimum absolute atomic E-state index is 0.174. The molecule has 0 bridgehead atoms. The Morgan fingerprint density at radius 1 is 1.58 bits per heavy atom. The SMILES string of the molecule is CC1CC2=CCCCN=C2C1=O. The van der Waals surface area contributed by atoms with Crippen LogP contribution < -0.4 is 0 Å². The summed E-state index contributed by atoms with van der Waals surface area (Å²) in [5, 5.41) is 0. The van der Waals surface area contributed by atoms with Gasteiger partial charge in [0.15, 0.2) is 5.78 Å². The number of hydrogen-bond acceptors (Lipinski definition) is 2. The van der Waals surface area contributed by atoms with E-state index in [2.05, 4.69) is 11.1 Å². The first kappa shape index (κ1) is 7.71. The Kier molecular flexibility index (Phi) is 1.83. The lowest BCUT2D eigenvalue weighted by Gasteiger charge is -1.94. The summed E-state index contributed by atoms with van der Waals surface area (Å²) in [5.41, 5.74) is 1.98. The summed E-state index contributed by atoms with van der Waals surface area (Å²) in [6.45, 7) is 2.81. The van der Waals surface area contributed by atoms with E-state index in [-0.39, 0.29) is 11.7 Å². The third-order valence-electron chi connectivity index (χ3n) is 2.53. The maximum atomic E-state index is 11.5. The van der Waals surface area contributed by atoms with E-state index < -0.39 is 0 Å². The Bertz CT molecular complexity index is 276. The summed E-state index contributed by atoms with van der Waals surface area (Å²) in [7, 11) is 0. The minimum Gasteiger partial charge on any atom is -0.292 e. The molecule has 2 heteroatoms. The fraction of sp³-hybridized carbons (Fsp3) is 0.600. The van der Waals surface area contributed by atoms with Crippen LogP contribution in [0.15, 0.2) is 16.6 Å². The molecule has 1 atom stereocenters. The van der Waals surface area contributed by atoms with Gasteiger partial charge in [-0.15, -0.1) is 0 Å². The van der Waals surface area contributed by atoms with Gasteiger partial charge in [-0.2, -0.15) is 0 Å². The van der Waals surface area contributed by atoms with Crippen LogP contribution in [0.1, 0.15) is 26.2 Å². The highest BCUT2D eigenvalue weighted by molar-refractivity contribution is 6.49. The van der Waals surface area contributed by atoms with Gasteiger partial charge in [0.25, 0.3) is 0 Å². The van der Waals surface area contributed by atoms with Crippen LogP contribution in [-0.2, 0) is 4.79 Å². The van der Waals surface area contributed by atoms with Gasteiger partial charge in [-0.25, -0.2) is 0 Å². The molecule has 0 N–H and O–H groups in total. The lowest BCUT2D eigenvalue weighted by atomic mass is 10.1. The summed E-state index contributed by atoms with van der Waals surface area (Å²) in [5.74, 6) is 0.427. The van der Waals surface area contributed by atoms with Gasteiger partial charge >= 0.3 is 0 Å². The molecule has 0 saturated heterocycles. The molecule has 0 aromatic carbocycles. The molecule has 2 nitrogen and oxygen atoms in total. The van der Waals surface area contributed by atoms with Crippen molar-refractivity contribution in [3.63, 3.8) is 0 Å². The minimum atomic E-state index is 0.174. The van der Waals surface area contributed by atoms with E-state index in [9.17, 15) is 4.79 Å². The second-order valence-corrected chi connectivity index (χ2v) is 3.57. The van der Waals surface area contributed by atoms with E-state index in [1.54, 1.807) is 0 Å². The maximum Gasteiger partial charge on any atom is 0.184 e. The number of Topliss-reactive ketones (excluding diaryl/α,β-unsaturated/α-hetero) is 1. The molecule has 0 aromatic rings. The van der Waals surface area contributed by atoms with Crippen molar-refractivity contribution in [3.05, 3.63) is 11.6 Å². The largest absolute Gasteiger partial charge is 0.292 e. The van der Waals surface area contributed by atoms with Crippen molar-refractivity contribution in [2.45, 2.75) is 26.2 Å². The normalized spacial score (nSPS) is 29.1. The number of nitrogens with zero attached hydrogens (tertiary/aromatic N) is 1. The van der Waals surface area contributed by atoms with Crippen LogP contribution in [0.4, 0.5) is 0 Å². The average molecular weight is 163 g/mol. The van der Waals surface area contributed by atoms with Crippen molar-refractivity contribution >= 4 is 11.5 Å². The lowest BCUT2D eigenvalue weighted by Crippen LogP contribution is -2.11. The Balaban J connectivity index is 2.36. The van der Waals surface area contributed by atoms with E-state index >= 15 is 0 Å². The smallest absolute Gasteiger partial charge is 0.184 e. The van der Waals surface area contributed by atoms with Crippen molar-refractivity contribution in [1.82, 2.24) is 0 Å². The van der Waals surface area contributed by atoms with Crippen LogP contribution in [0.3, 0.4) is 0 Å². The average Bonchev–Trinajstić information content (AvgIpc) is 2.30. The monoisotopic (exact) mass is 163 g/mol. The van der Waals surface area contributed by atoms with Gasteiger partial charge in [0, 0.05) is 12.5 Å². The Morgan fingerprint density at radius 3 is 3.25 bits per heavy atom. The molecule has 2 rings (SSSR count). The zero-order valence-corrected chi connectivity index (χ0v) is 7.34. The number of ketones is 1. The summed E-state index contributed by atoms with van der Waals surface area (Å²) < 4.78 is 0. The van der Waals surface area contributed by atoms with Crippen molar-refractivity contribution in [2.24, 2.45) is 10.9 Å². The molecule has 1 fully saturated rings. The van der Waals surface area contributed by atoms with Gasteiger partial charge in [0.05, 0.1) is 0 Å². The van der Waals surface area contributed by atoms with E-state index in [4.69, 9.17) is 0 Å². The Hall–Kier alpha value is -0.920. The predicted molar refractivity (Wildman–Crippen MR) is 48.4 cm³/mol. The van der Waals surface area contributed by atoms with Gasteiger partial charge < -0.3 is 0 Å². The number of hydrogen-bond donors (Lipinski definition) is 0. The zero-order valence-electron chi connectivity index (χ0n) is 7.34. The number of carbonyl (C=O) groups excluding carboxylic acids is 1. The molecule has 12 heavy (non-hydrogen) atoms. The molecular weight excluding hydrogens is 150 g/mol. The second kappa shape index (κ2) is 2.85. The molecule has 64 valence electrons. The molecule has 1 heterocycles. The first-order valence-corrected chi connectivity index (χ1v) is 4.57. The summed E-state index contributed by atoms with van der Waals surface area (Å²) in [6, 6.07) is 0. The number of carbonyl (C=O) groups is 1. The van der Waals surface area contributed by atoms with Crippen molar-refractivity contribution < 1.29 is 4.79 Å². The fourth-order valence-corrected chi connectivity index (χ4v) is 1.83. The molecule has 0 aromatic heterocycles. The second-order valence-electron chi connectivity index (χ2n) is 3.57. The zero-order chi connectivity index (χ0) is 8.55. The van der Waals surface area contributed by atoms with Crippen LogP contribution in [0, 0.1) is 5.92 Å². The summed E-state index contributed by atoms with van der Waals surface area (Å²) in [6.07, 6.45) is 5.28. The van der Waals surface area contributed by atoms with E-state index in [1.807, 2.05) is 6.92 Å². The van der Waals surface area contributed by atoms with Gasteiger partial charge in [-0.1, -0.05) is 13.0 Å². The number of rotatable bonds is 0. The molecule has 1 unspecified atom stereocenters. The first-order chi connectivity index (χ1) is 5.79. The highest BCUT2D eigenvalue weighted by atomic mass is 16.1. The van der Waals surface area contributed by atoms with Crippen LogP contribution in [0.25, 0.3) is 0 Å². The fourth-order valence-electron chi connectivity index (χ4n) is 1.83. The van der Waals surface area contributed by atoms with E-state index in [0.29, 0.717) is 0 Å². The van der Waals surface area contributed by atoms with Crippen LogP contribution >= 0.6 is 0 Å². The summed E-state index contributed by atoms with van der Waals surface area (Å²) in [4.78, 5) is 15.8. The van der Waals surface area contributed by atoms with E-state index in [0.717, 1.165) is 31.5 Å². The molecular formula is C10H13NO. The van der Waals surface area contributed by atoms with Gasteiger partial charge in [0.2, 0.25) is 0 Å². The molecule has 0 amide bonds. The molecule has 1 saturated carbocycles. The van der Waals surface area contributed by atoms with Gasteiger partial charge in [-0.05, 0) is 24.8 Å². The first-order valence-electron chi connectivity index (χ1n) is 4.57. The molecule has 0 spiro atoms. The molecule has 0 radical (unpaired) electrons. The molecule has 2 aliphatic rings. The predicted octanol–water partition coefficient (Wildman–Crippen LogP) is 1.76. The highest BCUT2D eigenvalue weighted by Gasteiger charge is 2.31. The van der Waals surface area contributed by atoms with Crippen LogP contribution in [0.5, 0.6) is 0 Å². The van der Waals surface area contributed by atoms with Crippen molar-refractivity contribution in [2.75, 3.05) is 6.54 Å². The van der Waals surface area contributed by atoms with Crippen LogP contribution in [0.2, 0.25) is 0 Å². The van der Waals surface area contributed by atoms with E-state index in [1.165, 1.54) is 5.57 Å². The van der Waals surface area contributed by atoms with Gasteiger partial charge in [-0.3, -0.25) is 9.79 Å². The maximum absolute atomic E-state index is 11.5. The number of fused-ring (bicyclic) bond motifs is 1. The number of aliphatic imine (C=N–C) groups is 1. The number of allylic oxidation sites excluding steroid dienone is 2. The van der Waals surface area contributed by atoms with Crippen LogP contribution in [-0.4, -0.2) is 18.0 Å². The van der Waals surface area contributed by atoms with Crippen molar-refractivity contribution in [1.29, 1.82) is 0 Å². The Labute approximate surface area is 72.4 Å². The standard InChI is InChI=1S/C10H13NO/c1-7-6-8-4-2-3-5-11-9(8)10(7)12/h4,7H,2-3,5-6H2,1H3. The lowest BCUT2D eigenvalue weighted by molar-refractivity contribution is -0.115. The van der Waals surface area contributed by atoms with Crippen molar-refractivity contribution in [3.8, 4) is 0 Å². The third kappa shape index (κ3) is 1.11. The quantitative estimate of drug-likeness (QED) is 0.535. The topological polar surface area (TPSA) is 29.4 Å².